The summed E-state index contributed by atoms with van der Waals surface area (Å²) < 4.78 is 3.01. The van der Waals surface area contributed by atoms with E-state index in [-0.39, 0.29) is 11.2 Å². The van der Waals surface area contributed by atoms with E-state index in [2.05, 4.69) is 38.5 Å². The van der Waals surface area contributed by atoms with Gasteiger partial charge in [0.25, 0.3) is 5.91 Å². The molecule has 1 aliphatic rings. The van der Waals surface area contributed by atoms with E-state index in [1.165, 1.54) is 29.7 Å². The van der Waals surface area contributed by atoms with Crippen LogP contribution in [0.3, 0.4) is 0 Å². The van der Waals surface area contributed by atoms with Crippen LogP contribution in [0.5, 0.6) is 0 Å². The van der Waals surface area contributed by atoms with E-state index in [4.69, 9.17) is 0 Å². The summed E-state index contributed by atoms with van der Waals surface area (Å²) in [6.07, 6.45) is 5.84. The lowest BCUT2D eigenvalue weighted by atomic mass is 10.1. The van der Waals surface area contributed by atoms with E-state index in [9.17, 15) is 4.79 Å². The van der Waals surface area contributed by atoms with Crippen LogP contribution >= 0.6 is 23.1 Å². The van der Waals surface area contributed by atoms with Crippen molar-refractivity contribution in [2.75, 3.05) is 5.32 Å². The second kappa shape index (κ2) is 7.81. The van der Waals surface area contributed by atoms with Crippen LogP contribution in [0.15, 0.2) is 48.0 Å². The highest BCUT2D eigenvalue weighted by Crippen LogP contribution is 2.44. The van der Waals surface area contributed by atoms with Crippen LogP contribution in [0.1, 0.15) is 51.9 Å². The normalized spacial score (nSPS) is 14.7. The molecular formula is C21H20N6OS2. The van der Waals surface area contributed by atoms with E-state index in [0.29, 0.717) is 16.7 Å². The third kappa shape index (κ3) is 3.82. The molecule has 152 valence electrons. The lowest BCUT2D eigenvalue weighted by Crippen LogP contribution is -2.12. The molecule has 3 heterocycles. The van der Waals surface area contributed by atoms with Crippen molar-refractivity contribution in [2.24, 2.45) is 7.05 Å². The smallest absolute Gasteiger partial charge is 0.285 e. The number of anilines is 1. The zero-order chi connectivity index (χ0) is 20.7. The molecule has 4 aromatic rings. The second-order valence-corrected chi connectivity index (χ2v) is 9.71. The maximum absolute atomic E-state index is 12.8. The highest BCUT2D eigenvalue weighted by molar-refractivity contribution is 7.99. The van der Waals surface area contributed by atoms with Gasteiger partial charge >= 0.3 is 0 Å². The molecule has 1 amide bonds. The summed E-state index contributed by atoms with van der Waals surface area (Å²) in [5.41, 5.74) is 3.26. The van der Waals surface area contributed by atoms with Gasteiger partial charge in [0.2, 0.25) is 0 Å². The monoisotopic (exact) mass is 436 g/mol. The summed E-state index contributed by atoms with van der Waals surface area (Å²) in [5.74, 6) is 0.914. The molecule has 9 heteroatoms. The first-order chi connectivity index (χ1) is 14.6. The number of carbonyl (C=O) groups excluding carboxylic acids is 1. The van der Waals surface area contributed by atoms with Gasteiger partial charge in [0, 0.05) is 18.5 Å². The quantitative estimate of drug-likeness (QED) is 0.437. The summed E-state index contributed by atoms with van der Waals surface area (Å²) in [6.45, 7) is 2.09. The number of fused-ring (bicyclic) bond motifs is 1. The Morgan fingerprint density at radius 1 is 1.33 bits per heavy atom. The standard InChI is InChI=1S/C21H20N6OS2/c1-12(29-21-26-23-11-27(21)2)14-8-9-22-17(10-14)25-19(28)20-24-16-5-3-4-15(13-6-7-13)18(16)30-20/h3-5,8-13H,6-7H2,1-2H3,(H,22,25,28)/t12-/m0/s1. The molecule has 3 aromatic heterocycles. The molecular weight excluding hydrogens is 416 g/mol. The van der Waals surface area contributed by atoms with Gasteiger partial charge in [-0.15, -0.1) is 21.5 Å². The predicted molar refractivity (Wildman–Crippen MR) is 119 cm³/mol. The summed E-state index contributed by atoms with van der Waals surface area (Å²) in [6, 6.07) is 10.00. The van der Waals surface area contributed by atoms with E-state index in [1.54, 1.807) is 24.3 Å². The number of nitrogens with zero attached hydrogens (tertiary/aromatic N) is 5. The molecule has 30 heavy (non-hydrogen) atoms. The van der Waals surface area contributed by atoms with Crippen LogP contribution in [0, 0.1) is 0 Å². The van der Waals surface area contributed by atoms with Gasteiger partial charge in [-0.25, -0.2) is 9.97 Å². The van der Waals surface area contributed by atoms with E-state index < -0.39 is 0 Å². The molecule has 0 bridgehead atoms. The SMILES string of the molecule is C[C@H](Sc1nncn1C)c1ccnc(NC(=O)c2nc3cccc(C4CC4)c3s2)c1. The number of hydrogen-bond donors (Lipinski definition) is 1. The zero-order valence-corrected chi connectivity index (χ0v) is 18.2. The van der Waals surface area contributed by atoms with E-state index in [0.717, 1.165) is 20.9 Å². The summed E-state index contributed by atoms with van der Waals surface area (Å²) in [7, 11) is 1.92. The molecule has 7 nitrogen and oxygen atoms in total. The number of pyridine rings is 1. The van der Waals surface area contributed by atoms with Crippen LogP contribution in [0.25, 0.3) is 10.2 Å². The molecule has 1 saturated carbocycles. The Hall–Kier alpha value is -2.78. The first-order valence-corrected chi connectivity index (χ1v) is 11.5. The molecule has 0 aliphatic heterocycles. The Labute approximate surface area is 182 Å². The van der Waals surface area contributed by atoms with Crippen molar-refractivity contribution >= 4 is 45.0 Å². The lowest BCUT2D eigenvalue weighted by Gasteiger charge is -2.12. The Bertz CT molecular complexity index is 1230. The summed E-state index contributed by atoms with van der Waals surface area (Å²) in [4.78, 5) is 21.7. The van der Waals surface area contributed by atoms with Gasteiger partial charge < -0.3 is 9.88 Å². The molecule has 1 aromatic carbocycles. The van der Waals surface area contributed by atoms with Crippen molar-refractivity contribution in [3.63, 3.8) is 0 Å². The third-order valence-corrected chi connectivity index (χ3v) is 7.43. The summed E-state index contributed by atoms with van der Waals surface area (Å²) >= 11 is 3.07. The molecule has 1 atom stereocenters. The fourth-order valence-electron chi connectivity index (χ4n) is 3.33. The van der Waals surface area contributed by atoms with Crippen molar-refractivity contribution in [2.45, 2.75) is 36.1 Å². The second-order valence-electron chi connectivity index (χ2n) is 7.40. The average molecular weight is 437 g/mol. The van der Waals surface area contributed by atoms with Crippen LogP contribution in [-0.4, -0.2) is 30.6 Å². The molecule has 0 spiro atoms. The van der Waals surface area contributed by atoms with Crippen molar-refractivity contribution < 1.29 is 4.79 Å². The number of aromatic nitrogens is 5. The summed E-state index contributed by atoms with van der Waals surface area (Å²) in [5, 5.41) is 12.4. The number of aryl methyl sites for hydroxylation is 1. The molecule has 1 N–H and O–H groups in total. The number of benzene rings is 1. The highest BCUT2D eigenvalue weighted by Gasteiger charge is 2.27. The Balaban J connectivity index is 1.34. The van der Waals surface area contributed by atoms with Crippen molar-refractivity contribution in [3.8, 4) is 0 Å². The minimum atomic E-state index is -0.226. The van der Waals surface area contributed by atoms with Crippen LogP contribution < -0.4 is 5.32 Å². The number of thiazole rings is 1. The number of amides is 1. The van der Waals surface area contributed by atoms with Gasteiger partial charge in [-0.1, -0.05) is 23.9 Å². The van der Waals surface area contributed by atoms with Gasteiger partial charge in [0.15, 0.2) is 10.2 Å². The number of carbonyl (C=O) groups is 1. The Morgan fingerprint density at radius 2 is 2.20 bits per heavy atom. The number of hydrogen-bond acceptors (Lipinski definition) is 7. The van der Waals surface area contributed by atoms with Crippen LogP contribution in [0.2, 0.25) is 0 Å². The Kier molecular flexibility index (Phi) is 5.00. The van der Waals surface area contributed by atoms with Gasteiger partial charge in [-0.05, 0) is 55.0 Å². The molecule has 0 unspecified atom stereocenters. The fourth-order valence-corrected chi connectivity index (χ4v) is 5.29. The Morgan fingerprint density at radius 3 is 2.97 bits per heavy atom. The van der Waals surface area contributed by atoms with E-state index >= 15 is 0 Å². The number of nitrogens with one attached hydrogen (secondary N) is 1. The molecule has 5 rings (SSSR count). The van der Waals surface area contributed by atoms with Crippen LogP contribution in [-0.2, 0) is 7.05 Å². The number of rotatable bonds is 6. The van der Waals surface area contributed by atoms with Gasteiger partial charge in [-0.3, -0.25) is 4.79 Å². The maximum Gasteiger partial charge on any atom is 0.285 e. The van der Waals surface area contributed by atoms with Gasteiger partial charge in [-0.2, -0.15) is 0 Å². The van der Waals surface area contributed by atoms with Gasteiger partial charge in [0.05, 0.1) is 10.2 Å². The fraction of sp³-hybridized carbons (Fsp3) is 0.286. The maximum atomic E-state index is 12.8. The van der Waals surface area contributed by atoms with Crippen molar-refractivity contribution in [1.29, 1.82) is 0 Å². The van der Waals surface area contributed by atoms with Crippen LogP contribution in [0.4, 0.5) is 5.82 Å². The first kappa shape index (κ1) is 19.2. The minimum absolute atomic E-state index is 0.134. The average Bonchev–Trinajstić information content (AvgIpc) is 3.37. The third-order valence-electron chi connectivity index (χ3n) is 5.10. The minimum Gasteiger partial charge on any atom is -0.312 e. The zero-order valence-electron chi connectivity index (χ0n) is 16.6. The van der Waals surface area contributed by atoms with Gasteiger partial charge in [0.1, 0.15) is 12.1 Å². The molecule has 0 saturated heterocycles. The number of thioether (sulfide) groups is 1. The largest absolute Gasteiger partial charge is 0.312 e. The van der Waals surface area contributed by atoms with E-state index in [1.807, 2.05) is 35.9 Å². The molecule has 1 aliphatic carbocycles. The van der Waals surface area contributed by atoms with Crippen molar-refractivity contribution in [1.82, 2.24) is 24.7 Å². The molecule has 1 fully saturated rings. The molecule has 0 radical (unpaired) electrons. The first-order valence-electron chi connectivity index (χ1n) is 9.76. The topological polar surface area (TPSA) is 85.6 Å². The van der Waals surface area contributed by atoms with Crippen molar-refractivity contribution in [3.05, 3.63) is 59.0 Å². The predicted octanol–water partition coefficient (Wildman–Crippen LogP) is 4.80. The highest BCUT2D eigenvalue weighted by atomic mass is 32.2. The lowest BCUT2D eigenvalue weighted by molar-refractivity contribution is 0.102.